The van der Waals surface area contributed by atoms with Crippen LogP contribution in [0.5, 0.6) is 0 Å². The molecule has 0 aromatic heterocycles. The Labute approximate surface area is 75.7 Å². The van der Waals surface area contributed by atoms with Crippen molar-refractivity contribution in [1.82, 2.24) is 0 Å². The number of ether oxygens (including phenoxy) is 1. The smallest absolute Gasteiger partial charge is 0.466 e. The van der Waals surface area contributed by atoms with E-state index in [9.17, 15) is 9.36 Å². The number of esters is 1. The Morgan fingerprint density at radius 2 is 2.00 bits per heavy atom. The summed E-state index contributed by atoms with van der Waals surface area (Å²) in [6.45, 7) is 1.33. The summed E-state index contributed by atoms with van der Waals surface area (Å²) in [5.74, 6) is -0.729. The Morgan fingerprint density at radius 3 is 2.38 bits per heavy atom. The molecule has 13 heavy (non-hydrogen) atoms. The van der Waals surface area contributed by atoms with Crippen molar-refractivity contribution in [3.8, 4) is 0 Å². The molecule has 0 bridgehead atoms. The van der Waals surface area contributed by atoms with E-state index < -0.39 is 13.8 Å². The molecule has 0 saturated heterocycles. The molecule has 0 aliphatic carbocycles. The van der Waals surface area contributed by atoms with Crippen molar-refractivity contribution >= 4 is 13.8 Å². The third kappa shape index (κ3) is 5.41. The van der Waals surface area contributed by atoms with Gasteiger partial charge in [0.05, 0.1) is 13.2 Å². The van der Waals surface area contributed by atoms with Crippen LogP contribution in [-0.2, 0) is 23.1 Å². The third-order valence-electron chi connectivity index (χ3n) is 1.01. The fraction of sp³-hybridized carbons (Fsp3) is 0.500. The highest BCUT2D eigenvalue weighted by Crippen LogP contribution is 2.44. The van der Waals surface area contributed by atoms with Gasteiger partial charge in [-0.1, -0.05) is 0 Å². The minimum Gasteiger partial charge on any atom is -0.466 e. The van der Waals surface area contributed by atoms with Gasteiger partial charge in [0.1, 0.15) is 5.76 Å². The number of allylic oxidation sites excluding steroid dienone is 1. The molecule has 7 heteroatoms. The monoisotopic (exact) mass is 210 g/mol. The number of rotatable bonds is 4. The van der Waals surface area contributed by atoms with E-state index in [1.54, 1.807) is 0 Å². The van der Waals surface area contributed by atoms with Crippen LogP contribution in [0.2, 0.25) is 0 Å². The first-order chi connectivity index (χ1) is 5.91. The second-order valence-electron chi connectivity index (χ2n) is 2.02. The summed E-state index contributed by atoms with van der Waals surface area (Å²) < 4.78 is 23.6. The van der Waals surface area contributed by atoms with E-state index in [2.05, 4.69) is 13.8 Å². The molecule has 0 heterocycles. The van der Waals surface area contributed by atoms with Crippen LogP contribution in [0, 0.1) is 0 Å². The van der Waals surface area contributed by atoms with E-state index >= 15 is 0 Å². The third-order valence-corrected chi connectivity index (χ3v) is 1.99. The number of hydrogen-bond acceptors (Lipinski definition) is 5. The van der Waals surface area contributed by atoms with Crippen LogP contribution in [0.3, 0.4) is 0 Å². The number of phosphoric ester groups is 1. The molecule has 0 aliphatic heterocycles. The van der Waals surface area contributed by atoms with Gasteiger partial charge >= 0.3 is 13.8 Å². The largest absolute Gasteiger partial charge is 0.526 e. The van der Waals surface area contributed by atoms with Crippen molar-refractivity contribution in [2.75, 3.05) is 14.2 Å². The first-order valence-corrected chi connectivity index (χ1v) is 4.75. The van der Waals surface area contributed by atoms with Crippen molar-refractivity contribution in [1.29, 1.82) is 0 Å². The lowest BCUT2D eigenvalue weighted by atomic mass is 10.5. The molecule has 1 unspecified atom stereocenters. The Morgan fingerprint density at radius 1 is 1.46 bits per heavy atom. The van der Waals surface area contributed by atoms with E-state index in [0.717, 1.165) is 13.2 Å². The van der Waals surface area contributed by atoms with Gasteiger partial charge in [0.25, 0.3) is 0 Å². The zero-order valence-corrected chi connectivity index (χ0v) is 8.41. The van der Waals surface area contributed by atoms with E-state index in [1.165, 1.54) is 14.0 Å². The van der Waals surface area contributed by atoms with Crippen LogP contribution in [0.1, 0.15) is 6.92 Å². The second-order valence-corrected chi connectivity index (χ2v) is 3.51. The maximum Gasteiger partial charge on any atom is 0.526 e. The summed E-state index contributed by atoms with van der Waals surface area (Å²) in [7, 11) is -1.87. The lowest BCUT2D eigenvalue weighted by molar-refractivity contribution is -0.135. The lowest BCUT2D eigenvalue weighted by Crippen LogP contribution is -1.98. The molecule has 0 fully saturated rings. The number of phosphoric acid groups is 1. The Hall–Kier alpha value is -0.840. The van der Waals surface area contributed by atoms with Gasteiger partial charge < -0.3 is 9.26 Å². The molecule has 1 N–H and O–H groups in total. The topological polar surface area (TPSA) is 82.1 Å². The molecule has 0 rings (SSSR count). The highest BCUT2D eigenvalue weighted by atomic mass is 31.2. The highest BCUT2D eigenvalue weighted by Gasteiger charge is 2.20. The van der Waals surface area contributed by atoms with Crippen molar-refractivity contribution in [3.63, 3.8) is 0 Å². The van der Waals surface area contributed by atoms with Gasteiger partial charge in [-0.15, -0.1) is 0 Å². The highest BCUT2D eigenvalue weighted by molar-refractivity contribution is 7.47. The predicted molar refractivity (Wildman–Crippen MR) is 43.7 cm³/mol. The van der Waals surface area contributed by atoms with Gasteiger partial charge in [-0.3, -0.25) is 9.42 Å². The minimum absolute atomic E-state index is 0.0560. The Kier molecular flexibility index (Phi) is 4.69. The molecular formula is C6H11O6P. The number of methoxy groups -OCH3 is 1. The molecule has 0 aromatic carbocycles. The molecule has 0 saturated carbocycles. The number of carbonyl (C=O) groups excluding carboxylic acids is 1. The van der Waals surface area contributed by atoms with Crippen molar-refractivity contribution in [2.45, 2.75) is 6.92 Å². The van der Waals surface area contributed by atoms with Crippen LogP contribution in [0.15, 0.2) is 11.8 Å². The molecule has 0 aromatic rings. The molecular weight excluding hydrogens is 199 g/mol. The predicted octanol–water partition coefficient (Wildman–Crippen LogP) is 0.827. The summed E-state index contributed by atoms with van der Waals surface area (Å²) in [5.41, 5.74) is 0. The van der Waals surface area contributed by atoms with E-state index in [0.29, 0.717) is 0 Å². The average molecular weight is 210 g/mol. The molecule has 6 nitrogen and oxygen atoms in total. The standard InChI is InChI=1S/C6H11O6P/c1-5(4-6(7)10-2)12-13(8,9)11-3/h4H,1-3H3,(H,8,9). The van der Waals surface area contributed by atoms with Gasteiger partial charge in [-0.25, -0.2) is 9.36 Å². The molecule has 0 spiro atoms. The van der Waals surface area contributed by atoms with Crippen LogP contribution in [-0.4, -0.2) is 25.1 Å². The van der Waals surface area contributed by atoms with Crippen molar-refractivity contribution in [2.24, 2.45) is 0 Å². The first-order valence-electron chi connectivity index (χ1n) is 3.25. The Balaban J connectivity index is 4.30. The van der Waals surface area contributed by atoms with Gasteiger partial charge in [0, 0.05) is 7.11 Å². The molecule has 0 radical (unpaired) electrons. The fourth-order valence-electron chi connectivity index (χ4n) is 0.470. The zero-order valence-electron chi connectivity index (χ0n) is 7.51. The quantitative estimate of drug-likeness (QED) is 0.320. The maximum absolute atomic E-state index is 10.8. The summed E-state index contributed by atoms with van der Waals surface area (Å²) in [6, 6.07) is 0. The van der Waals surface area contributed by atoms with Crippen molar-refractivity contribution < 1.29 is 28.0 Å². The van der Waals surface area contributed by atoms with Crippen LogP contribution >= 0.6 is 7.82 Å². The number of hydrogen-bond donors (Lipinski definition) is 1. The summed E-state index contributed by atoms with van der Waals surface area (Å²) in [5, 5.41) is 0. The van der Waals surface area contributed by atoms with Gasteiger partial charge in [-0.05, 0) is 6.92 Å². The van der Waals surface area contributed by atoms with Gasteiger partial charge in [0.15, 0.2) is 0 Å². The summed E-state index contributed by atoms with van der Waals surface area (Å²) in [6.07, 6.45) is 0.932. The molecule has 0 aliphatic rings. The number of carbonyl (C=O) groups is 1. The van der Waals surface area contributed by atoms with Gasteiger partial charge in [-0.2, -0.15) is 0 Å². The molecule has 76 valence electrons. The average Bonchev–Trinajstić information content (AvgIpc) is 2.03. The zero-order chi connectivity index (χ0) is 10.5. The van der Waals surface area contributed by atoms with E-state index in [-0.39, 0.29) is 5.76 Å². The fourth-order valence-corrected chi connectivity index (χ4v) is 0.962. The lowest BCUT2D eigenvalue weighted by Gasteiger charge is -2.09. The van der Waals surface area contributed by atoms with E-state index in [1.807, 2.05) is 0 Å². The van der Waals surface area contributed by atoms with Crippen molar-refractivity contribution in [3.05, 3.63) is 11.8 Å². The Bertz CT molecular complexity index is 258. The minimum atomic E-state index is -4.07. The summed E-state index contributed by atoms with van der Waals surface area (Å²) >= 11 is 0. The maximum atomic E-state index is 10.8. The van der Waals surface area contributed by atoms with Crippen LogP contribution in [0.25, 0.3) is 0 Å². The first kappa shape index (κ1) is 12.2. The summed E-state index contributed by atoms with van der Waals surface area (Å²) in [4.78, 5) is 19.4. The van der Waals surface area contributed by atoms with E-state index in [4.69, 9.17) is 4.89 Å². The second kappa shape index (κ2) is 5.01. The normalized spacial score (nSPS) is 16.2. The SMILES string of the molecule is COC(=O)C=C(C)OP(=O)(O)OC. The van der Waals surface area contributed by atoms with Gasteiger partial charge in [0.2, 0.25) is 0 Å². The van der Waals surface area contributed by atoms with Crippen LogP contribution in [0.4, 0.5) is 0 Å². The molecule has 0 amide bonds. The molecule has 1 atom stereocenters. The van der Waals surface area contributed by atoms with Crippen LogP contribution < -0.4 is 0 Å².